The van der Waals surface area contributed by atoms with Gasteiger partial charge in [-0.05, 0) is 62.3 Å². The minimum absolute atomic E-state index is 0.0790. The number of anilines is 1. The van der Waals surface area contributed by atoms with Gasteiger partial charge in [-0.1, -0.05) is 6.92 Å². The van der Waals surface area contributed by atoms with Crippen molar-refractivity contribution in [1.82, 2.24) is 19.8 Å². The van der Waals surface area contributed by atoms with Crippen LogP contribution in [0, 0.1) is 23.7 Å². The highest BCUT2D eigenvalue weighted by atomic mass is 32.2. The fraction of sp³-hybridized carbons (Fsp3) is 0.792. The number of hydrogen-bond acceptors (Lipinski definition) is 6. The lowest BCUT2D eigenvalue weighted by Crippen LogP contribution is -2.47. The van der Waals surface area contributed by atoms with Crippen molar-refractivity contribution in [3.8, 4) is 0 Å². The molecule has 1 N–H and O–H groups in total. The van der Waals surface area contributed by atoms with Gasteiger partial charge in [0.05, 0.1) is 17.8 Å². The fourth-order valence-corrected chi connectivity index (χ4v) is 6.52. The summed E-state index contributed by atoms with van der Waals surface area (Å²) in [6.45, 7) is 4.22. The molecule has 2 saturated heterocycles. The molecule has 1 amide bonds. The molecular formula is C24H34F3N5OS. The molecule has 2 aliphatic carbocycles. The largest absolute Gasteiger partial charge is 0.350 e. The zero-order valence-electron chi connectivity index (χ0n) is 19.6. The van der Waals surface area contributed by atoms with E-state index in [-0.39, 0.29) is 29.5 Å². The van der Waals surface area contributed by atoms with Crippen LogP contribution in [0.3, 0.4) is 0 Å². The van der Waals surface area contributed by atoms with Crippen molar-refractivity contribution in [2.75, 3.05) is 38.2 Å². The summed E-state index contributed by atoms with van der Waals surface area (Å²) >= 11 is -0.704. The van der Waals surface area contributed by atoms with Gasteiger partial charge in [-0.25, -0.2) is 18.7 Å². The Labute approximate surface area is 203 Å². The molecule has 0 radical (unpaired) electrons. The van der Waals surface area contributed by atoms with E-state index in [9.17, 15) is 17.5 Å². The molecule has 5 rings (SSSR count). The summed E-state index contributed by atoms with van der Waals surface area (Å²) in [5.74, 6) is 2.37. The molecule has 2 aliphatic heterocycles. The molecule has 1 aromatic heterocycles. The molecule has 1 aromatic rings. The summed E-state index contributed by atoms with van der Waals surface area (Å²) in [6.07, 6.45) is 8.20. The van der Waals surface area contributed by atoms with E-state index in [1.807, 2.05) is 4.90 Å². The lowest BCUT2D eigenvalue weighted by Gasteiger charge is -2.36. The van der Waals surface area contributed by atoms with E-state index in [1.165, 1.54) is 37.9 Å². The van der Waals surface area contributed by atoms with Crippen LogP contribution in [0.25, 0.3) is 0 Å². The second-order valence-corrected chi connectivity index (χ2v) is 11.5. The first-order valence-electron chi connectivity index (χ1n) is 12.6. The molecule has 0 spiro atoms. The van der Waals surface area contributed by atoms with Crippen molar-refractivity contribution in [2.24, 2.45) is 23.7 Å². The van der Waals surface area contributed by atoms with Crippen molar-refractivity contribution in [1.29, 1.82) is 0 Å². The maximum Gasteiger partial charge on any atom is 0.256 e. The zero-order chi connectivity index (χ0) is 23.9. The van der Waals surface area contributed by atoms with Crippen LogP contribution in [-0.4, -0.2) is 70.6 Å². The van der Waals surface area contributed by atoms with E-state index in [0.717, 1.165) is 38.4 Å². The molecule has 4 fully saturated rings. The number of carbonyl (C=O) groups is 1. The van der Waals surface area contributed by atoms with Crippen LogP contribution >= 0.6 is 12.1 Å². The molecule has 34 heavy (non-hydrogen) atoms. The van der Waals surface area contributed by atoms with Crippen LogP contribution < -0.4 is 5.32 Å². The Kier molecular flexibility index (Phi) is 6.99. The summed E-state index contributed by atoms with van der Waals surface area (Å²) in [7, 11) is 0. The maximum absolute atomic E-state index is 14.3. The smallest absolute Gasteiger partial charge is 0.256 e. The van der Waals surface area contributed by atoms with E-state index in [2.05, 4.69) is 27.1 Å². The van der Waals surface area contributed by atoms with Crippen LogP contribution in [0.15, 0.2) is 12.3 Å². The van der Waals surface area contributed by atoms with Gasteiger partial charge in [-0.3, -0.25) is 9.69 Å². The van der Waals surface area contributed by atoms with Gasteiger partial charge in [0, 0.05) is 50.4 Å². The Morgan fingerprint density at radius 1 is 1.21 bits per heavy atom. The third-order valence-electron chi connectivity index (χ3n) is 8.41. The van der Waals surface area contributed by atoms with Crippen molar-refractivity contribution >= 4 is 24.0 Å². The Balaban J connectivity index is 1.14. The Morgan fingerprint density at radius 3 is 2.62 bits per heavy atom. The monoisotopic (exact) mass is 497 g/mol. The molecule has 3 heterocycles. The average Bonchev–Trinajstić information content (AvgIpc) is 3.36. The average molecular weight is 498 g/mol. The van der Waals surface area contributed by atoms with Gasteiger partial charge in [0.15, 0.2) is 0 Å². The Bertz CT molecular complexity index is 870. The first kappa shape index (κ1) is 24.2. The number of carbonyl (C=O) groups excluding carboxylic acids is 1. The van der Waals surface area contributed by atoms with Crippen LogP contribution in [0.4, 0.5) is 18.6 Å². The SMILES string of the molecule is CC1CCC(N2CC3C(C2)C3C(=O)N2CCCC(Nc3nccc(C(F)(CF)SF)n3)C2)CC1. The number of nitrogens with one attached hydrogen (secondary N) is 1. The van der Waals surface area contributed by atoms with Gasteiger partial charge in [0.25, 0.3) is 5.00 Å². The highest BCUT2D eigenvalue weighted by Crippen LogP contribution is 2.54. The quantitative estimate of drug-likeness (QED) is 0.605. The molecule has 6 nitrogen and oxygen atoms in total. The van der Waals surface area contributed by atoms with E-state index >= 15 is 0 Å². The molecule has 4 atom stereocenters. The minimum Gasteiger partial charge on any atom is -0.350 e. The third kappa shape index (κ3) is 4.76. The van der Waals surface area contributed by atoms with E-state index < -0.39 is 23.8 Å². The van der Waals surface area contributed by atoms with Gasteiger partial charge in [-0.15, -0.1) is 0 Å². The normalized spacial score (nSPS) is 35.5. The number of nitrogens with zero attached hydrogens (tertiary/aromatic N) is 4. The van der Waals surface area contributed by atoms with Gasteiger partial charge < -0.3 is 10.2 Å². The number of alkyl halides is 2. The summed E-state index contributed by atoms with van der Waals surface area (Å²) in [5, 5.41) is 0.313. The molecule has 188 valence electrons. The second-order valence-electron chi connectivity index (χ2n) is 10.7. The number of aromatic nitrogens is 2. The molecule has 0 aromatic carbocycles. The van der Waals surface area contributed by atoms with Gasteiger partial charge in [0.2, 0.25) is 11.9 Å². The van der Waals surface area contributed by atoms with Gasteiger partial charge in [0.1, 0.15) is 6.67 Å². The molecular weight excluding hydrogens is 463 g/mol. The van der Waals surface area contributed by atoms with Crippen LogP contribution in [0.1, 0.15) is 51.1 Å². The van der Waals surface area contributed by atoms with Crippen molar-refractivity contribution in [2.45, 2.75) is 62.5 Å². The number of fused-ring (bicyclic) bond motifs is 1. The number of piperidine rings is 2. The molecule has 4 unspecified atom stereocenters. The predicted molar refractivity (Wildman–Crippen MR) is 126 cm³/mol. The Hall–Kier alpha value is -1.55. The summed E-state index contributed by atoms with van der Waals surface area (Å²) in [4.78, 5) is 25.9. The Morgan fingerprint density at radius 2 is 1.94 bits per heavy atom. The number of amides is 1. The van der Waals surface area contributed by atoms with E-state index in [0.29, 0.717) is 24.4 Å². The molecule has 4 aliphatic rings. The van der Waals surface area contributed by atoms with Crippen LogP contribution in [0.5, 0.6) is 0 Å². The molecule has 2 saturated carbocycles. The third-order valence-corrected chi connectivity index (χ3v) is 8.97. The number of halogens is 3. The summed E-state index contributed by atoms with van der Waals surface area (Å²) in [6, 6.07) is 1.80. The topological polar surface area (TPSA) is 61.4 Å². The number of likely N-dealkylation sites (tertiary alicyclic amines) is 2. The zero-order valence-corrected chi connectivity index (χ0v) is 20.5. The van der Waals surface area contributed by atoms with Crippen molar-refractivity contribution < 1.29 is 17.5 Å². The summed E-state index contributed by atoms with van der Waals surface area (Å²) in [5.41, 5.74) is -0.341. The van der Waals surface area contributed by atoms with Crippen LogP contribution in [-0.2, 0) is 9.80 Å². The highest BCUT2D eigenvalue weighted by Gasteiger charge is 2.60. The van der Waals surface area contributed by atoms with Crippen LogP contribution in [0.2, 0.25) is 0 Å². The maximum atomic E-state index is 14.3. The summed E-state index contributed by atoms with van der Waals surface area (Å²) < 4.78 is 40.3. The van der Waals surface area contributed by atoms with Crippen molar-refractivity contribution in [3.05, 3.63) is 18.0 Å². The lowest BCUT2D eigenvalue weighted by molar-refractivity contribution is -0.134. The first-order chi connectivity index (χ1) is 16.4. The van der Waals surface area contributed by atoms with Gasteiger partial charge >= 0.3 is 0 Å². The van der Waals surface area contributed by atoms with Gasteiger partial charge in [-0.2, -0.15) is 3.89 Å². The van der Waals surface area contributed by atoms with E-state index in [4.69, 9.17) is 0 Å². The first-order valence-corrected chi connectivity index (χ1v) is 13.3. The lowest BCUT2D eigenvalue weighted by atomic mass is 9.86. The highest BCUT2D eigenvalue weighted by molar-refractivity contribution is 7.95. The van der Waals surface area contributed by atoms with Crippen molar-refractivity contribution in [3.63, 3.8) is 0 Å². The van der Waals surface area contributed by atoms with E-state index in [1.54, 1.807) is 0 Å². The number of hydrogen-bond donors (Lipinski definition) is 1. The predicted octanol–water partition coefficient (Wildman–Crippen LogP) is 4.35. The second kappa shape index (κ2) is 9.84. The number of rotatable bonds is 7. The standard InChI is InChI=1S/C24H34F3N5OS/c1-15-4-6-17(7-5-15)32-12-18-19(13-32)21(18)22(33)31-10-2-3-16(11-31)29-23-28-9-8-20(30-23)24(26,14-25)34-27/h8-9,15-19,21H,2-7,10-14H2,1H3,(H,28,29,30). The molecule has 0 bridgehead atoms. The fourth-order valence-electron chi connectivity index (χ4n) is 6.28. The molecule has 10 heteroatoms. The minimum atomic E-state index is -2.83.